The minimum absolute atomic E-state index is 0.153. The zero-order chi connectivity index (χ0) is 31.9. The number of halogens is 1. The molecule has 0 saturated heterocycles. The number of amides is 2. The summed E-state index contributed by atoms with van der Waals surface area (Å²) < 4.78 is 31.9. The van der Waals surface area contributed by atoms with Gasteiger partial charge in [-0.1, -0.05) is 36.4 Å². The molecule has 3 aromatic carbocycles. The maximum absolute atomic E-state index is 13.4. The van der Waals surface area contributed by atoms with Gasteiger partial charge in [-0.15, -0.1) is 0 Å². The number of hydrogen-bond donors (Lipinski definition) is 4. The number of benzene rings is 3. The highest BCUT2D eigenvalue weighted by Gasteiger charge is 2.32. The average molecular weight is 616 g/mol. The molecule has 0 saturated carbocycles. The van der Waals surface area contributed by atoms with Crippen LogP contribution in [0, 0.1) is 5.82 Å². The number of urea groups is 1. The molecule has 2 heterocycles. The molecule has 0 spiro atoms. The predicted octanol–water partition coefficient (Wildman–Crippen LogP) is 4.35. The van der Waals surface area contributed by atoms with Crippen molar-refractivity contribution in [1.82, 2.24) is 20.6 Å². The molecule has 2 amide bonds. The van der Waals surface area contributed by atoms with Crippen LogP contribution in [0.2, 0.25) is 0 Å². The van der Waals surface area contributed by atoms with Gasteiger partial charge >= 0.3 is 12.0 Å². The van der Waals surface area contributed by atoms with Crippen molar-refractivity contribution in [2.45, 2.75) is 32.7 Å². The lowest BCUT2D eigenvalue weighted by atomic mass is 9.95. The Labute approximate surface area is 259 Å². The molecule has 11 nitrogen and oxygen atoms in total. The molecule has 0 aliphatic carbocycles. The maximum Gasteiger partial charge on any atom is 0.337 e. The third-order valence-electron chi connectivity index (χ3n) is 7.18. The molecule has 0 radical (unpaired) electrons. The van der Waals surface area contributed by atoms with Crippen molar-refractivity contribution in [3.05, 3.63) is 107 Å². The number of carbonyl (C=O) groups excluding carboxylic acids is 2. The number of rotatable bonds is 12. The van der Waals surface area contributed by atoms with Crippen LogP contribution in [0.25, 0.3) is 10.9 Å². The SMILES string of the molecule is CCOc1cc([C@H]2NC(=O)NC(C)=C2C(=O)OC)ccc1OC[C@H](O)N/N=C\c1cn(Cc2ccc(F)cc2)c2ccccc12. The fourth-order valence-electron chi connectivity index (χ4n) is 5.11. The molecule has 4 aromatic rings. The molecule has 0 fully saturated rings. The Balaban J connectivity index is 1.25. The van der Waals surface area contributed by atoms with Gasteiger partial charge in [-0.2, -0.15) is 5.10 Å². The number of para-hydroxylation sites is 1. The second-order valence-electron chi connectivity index (χ2n) is 10.3. The standard InChI is InChI=1S/C33H34FN5O6/c1-4-44-28-15-22(31-30(32(41)43-3)20(2)36-33(42)37-31)11-14-27(28)45-19-29(40)38-35-16-23-18-39(26-8-6-5-7-25(23)26)17-21-9-12-24(34)13-10-21/h5-16,18,29,31,38,40H,4,17,19H2,1-3H3,(H2,36,37,42)/b35-16-/t29-,31+/m0/s1. The zero-order valence-electron chi connectivity index (χ0n) is 25.0. The molecule has 12 heteroatoms. The van der Waals surface area contributed by atoms with Crippen molar-refractivity contribution in [3.8, 4) is 11.5 Å². The highest BCUT2D eigenvalue weighted by atomic mass is 19.1. The number of allylic oxidation sites excluding steroid dienone is 1. The highest BCUT2D eigenvalue weighted by Crippen LogP contribution is 2.35. The first-order valence-corrected chi connectivity index (χ1v) is 14.3. The first-order valence-electron chi connectivity index (χ1n) is 14.3. The van der Waals surface area contributed by atoms with Crippen molar-refractivity contribution >= 4 is 29.1 Å². The maximum atomic E-state index is 13.4. The Bertz CT molecular complexity index is 1750. The molecule has 0 unspecified atom stereocenters. The molecule has 234 valence electrons. The number of aromatic nitrogens is 1. The van der Waals surface area contributed by atoms with Crippen molar-refractivity contribution in [2.75, 3.05) is 20.3 Å². The monoisotopic (exact) mass is 615 g/mol. The van der Waals surface area contributed by atoms with Gasteiger partial charge in [-0.3, -0.25) is 5.43 Å². The van der Waals surface area contributed by atoms with Crippen molar-refractivity contribution in [3.63, 3.8) is 0 Å². The Hall–Kier alpha value is -5.36. The molecule has 1 aliphatic heterocycles. The summed E-state index contributed by atoms with van der Waals surface area (Å²) in [6, 6.07) is 18.1. The molecule has 2 atom stereocenters. The molecule has 5 rings (SSSR count). The first kappa shape index (κ1) is 31.1. The van der Waals surface area contributed by atoms with E-state index in [9.17, 15) is 19.1 Å². The summed E-state index contributed by atoms with van der Waals surface area (Å²) in [6.45, 7) is 4.18. The normalized spacial score (nSPS) is 15.5. The van der Waals surface area contributed by atoms with Gasteiger partial charge in [0, 0.05) is 34.9 Å². The van der Waals surface area contributed by atoms with Crippen LogP contribution in [0.4, 0.5) is 9.18 Å². The molecular formula is C33H34FN5O6. The molecule has 45 heavy (non-hydrogen) atoms. The second-order valence-corrected chi connectivity index (χ2v) is 10.3. The minimum Gasteiger partial charge on any atom is -0.490 e. The molecule has 1 aromatic heterocycles. The summed E-state index contributed by atoms with van der Waals surface area (Å²) in [7, 11) is 1.27. The number of ether oxygens (including phenoxy) is 3. The Morgan fingerprint density at radius 2 is 1.91 bits per heavy atom. The Kier molecular flexibility index (Phi) is 9.64. The second kappa shape index (κ2) is 14.0. The van der Waals surface area contributed by atoms with E-state index in [1.54, 1.807) is 43.5 Å². The summed E-state index contributed by atoms with van der Waals surface area (Å²) in [5.41, 5.74) is 6.71. The average Bonchev–Trinajstić information content (AvgIpc) is 3.37. The number of nitrogens with zero attached hydrogens (tertiary/aromatic N) is 2. The van der Waals surface area contributed by atoms with E-state index in [-0.39, 0.29) is 18.0 Å². The summed E-state index contributed by atoms with van der Waals surface area (Å²) in [5.74, 6) is -0.128. The topological polar surface area (TPSA) is 135 Å². The zero-order valence-corrected chi connectivity index (χ0v) is 25.0. The highest BCUT2D eigenvalue weighted by molar-refractivity contribution is 5.99. The van der Waals surface area contributed by atoms with Gasteiger partial charge in [0.1, 0.15) is 12.4 Å². The van der Waals surface area contributed by atoms with Crippen LogP contribution in [-0.2, 0) is 16.1 Å². The number of fused-ring (bicyclic) bond motifs is 1. The van der Waals surface area contributed by atoms with Gasteiger partial charge in [-0.05, 0) is 55.3 Å². The van der Waals surface area contributed by atoms with Gasteiger partial charge in [0.15, 0.2) is 17.7 Å². The summed E-state index contributed by atoms with van der Waals surface area (Å²) >= 11 is 0. The van der Waals surface area contributed by atoms with Gasteiger partial charge < -0.3 is 34.5 Å². The Morgan fingerprint density at radius 3 is 2.67 bits per heavy atom. The first-order chi connectivity index (χ1) is 21.8. The predicted molar refractivity (Wildman–Crippen MR) is 166 cm³/mol. The fraction of sp³-hybridized carbons (Fsp3) is 0.242. The van der Waals surface area contributed by atoms with Crippen LogP contribution in [0.1, 0.15) is 36.6 Å². The van der Waals surface area contributed by atoms with E-state index in [1.165, 1.54) is 19.2 Å². The number of carbonyl (C=O) groups is 2. The van der Waals surface area contributed by atoms with Gasteiger partial charge in [0.05, 0.1) is 31.5 Å². The van der Waals surface area contributed by atoms with Crippen LogP contribution in [-0.4, -0.2) is 54.4 Å². The third kappa shape index (κ3) is 7.24. The summed E-state index contributed by atoms with van der Waals surface area (Å²) in [5, 5.41) is 21.1. The quantitative estimate of drug-likeness (QED) is 0.0806. The van der Waals surface area contributed by atoms with Gasteiger partial charge in [0.2, 0.25) is 0 Å². The lowest BCUT2D eigenvalue weighted by Crippen LogP contribution is -2.45. The molecule has 0 bridgehead atoms. The lowest BCUT2D eigenvalue weighted by Gasteiger charge is -2.28. The summed E-state index contributed by atoms with van der Waals surface area (Å²) in [4.78, 5) is 24.6. The van der Waals surface area contributed by atoms with E-state index in [0.29, 0.717) is 35.9 Å². The van der Waals surface area contributed by atoms with E-state index in [0.717, 1.165) is 22.0 Å². The number of hydrazone groups is 1. The van der Waals surface area contributed by atoms with E-state index in [1.807, 2.05) is 37.4 Å². The smallest absolute Gasteiger partial charge is 0.337 e. The van der Waals surface area contributed by atoms with Crippen LogP contribution in [0.3, 0.4) is 0 Å². The number of nitrogens with one attached hydrogen (secondary N) is 3. The van der Waals surface area contributed by atoms with E-state index < -0.39 is 24.3 Å². The largest absolute Gasteiger partial charge is 0.490 e. The van der Waals surface area contributed by atoms with Gasteiger partial charge in [-0.25, -0.2) is 14.0 Å². The summed E-state index contributed by atoms with van der Waals surface area (Å²) in [6.07, 6.45) is 2.42. The molecule has 4 N–H and O–H groups in total. The van der Waals surface area contributed by atoms with Crippen LogP contribution in [0.5, 0.6) is 11.5 Å². The van der Waals surface area contributed by atoms with Crippen LogP contribution >= 0.6 is 0 Å². The van der Waals surface area contributed by atoms with Gasteiger partial charge in [0.25, 0.3) is 0 Å². The van der Waals surface area contributed by atoms with Crippen molar-refractivity contribution < 1.29 is 33.3 Å². The Morgan fingerprint density at radius 1 is 1.13 bits per heavy atom. The lowest BCUT2D eigenvalue weighted by molar-refractivity contribution is -0.136. The van der Waals surface area contributed by atoms with Crippen molar-refractivity contribution in [2.24, 2.45) is 5.10 Å². The number of esters is 1. The number of aliphatic hydroxyl groups excluding tert-OH is 1. The number of hydrogen-bond acceptors (Lipinski definition) is 8. The molecular weight excluding hydrogens is 581 g/mol. The third-order valence-corrected chi connectivity index (χ3v) is 7.18. The van der Waals surface area contributed by atoms with Crippen molar-refractivity contribution in [1.29, 1.82) is 0 Å². The number of aliphatic hydroxyl groups is 1. The van der Waals surface area contributed by atoms with E-state index in [2.05, 4.69) is 25.7 Å². The van der Waals surface area contributed by atoms with E-state index in [4.69, 9.17) is 14.2 Å². The fourth-order valence-corrected chi connectivity index (χ4v) is 5.11. The minimum atomic E-state index is -1.15. The van der Waals surface area contributed by atoms with Crippen LogP contribution in [0.15, 0.2) is 89.3 Å². The molecule has 1 aliphatic rings. The van der Waals surface area contributed by atoms with E-state index >= 15 is 0 Å². The van der Waals surface area contributed by atoms with Crippen LogP contribution < -0.4 is 25.5 Å². The number of methoxy groups -OCH3 is 1.